The number of hydrogen-bond acceptors (Lipinski definition) is 5. The van der Waals surface area contributed by atoms with Crippen LogP contribution in [-0.2, 0) is 0 Å². The molecule has 10 heteroatoms. The van der Waals surface area contributed by atoms with Crippen LogP contribution < -0.4 is 10.9 Å². The summed E-state index contributed by atoms with van der Waals surface area (Å²) in [7, 11) is 0. The van der Waals surface area contributed by atoms with Crippen molar-refractivity contribution in [1.82, 2.24) is 14.7 Å². The van der Waals surface area contributed by atoms with E-state index in [0.29, 0.717) is 10.7 Å². The Bertz CT molecular complexity index is 1020. The SMILES string of the molecule is CCSc1nc2sccn2c(=O)c1C(=O)NC(c1ccccc1)C(F)(F)F. The summed E-state index contributed by atoms with van der Waals surface area (Å²) in [5.74, 6) is -0.592. The Balaban J connectivity index is 2.05. The summed E-state index contributed by atoms with van der Waals surface area (Å²) >= 11 is 2.34. The second-order valence-corrected chi connectivity index (χ2v) is 7.57. The monoisotopic (exact) mass is 413 g/mol. The standard InChI is InChI=1S/C17H14F3N3O2S2/c1-2-26-14-11(15(25)23-8-9-27-16(23)22-14)13(24)21-12(17(18,19)20)10-6-4-3-5-7-10/h3-9,12H,2H2,1H3,(H,21,24). The number of aromatic nitrogens is 2. The second-order valence-electron chi connectivity index (χ2n) is 5.44. The first-order valence-corrected chi connectivity index (χ1v) is 9.74. The van der Waals surface area contributed by atoms with Gasteiger partial charge in [-0.15, -0.1) is 23.1 Å². The average Bonchev–Trinajstić information content (AvgIpc) is 3.08. The van der Waals surface area contributed by atoms with Gasteiger partial charge in [0, 0.05) is 11.6 Å². The van der Waals surface area contributed by atoms with Gasteiger partial charge in [0.2, 0.25) is 0 Å². The van der Waals surface area contributed by atoms with Crippen molar-refractivity contribution < 1.29 is 18.0 Å². The highest BCUT2D eigenvalue weighted by molar-refractivity contribution is 7.99. The number of carbonyl (C=O) groups excluding carboxylic acids is 1. The molecule has 2 heterocycles. The normalized spacial score (nSPS) is 12.9. The van der Waals surface area contributed by atoms with Crippen LogP contribution in [0.5, 0.6) is 0 Å². The molecule has 1 atom stereocenters. The molecule has 0 radical (unpaired) electrons. The maximum absolute atomic E-state index is 13.5. The van der Waals surface area contributed by atoms with Crippen molar-refractivity contribution in [3.05, 3.63) is 63.4 Å². The molecule has 0 aliphatic heterocycles. The number of thiazole rings is 1. The molecule has 5 nitrogen and oxygen atoms in total. The zero-order valence-electron chi connectivity index (χ0n) is 14.0. The molecule has 0 aliphatic carbocycles. The van der Waals surface area contributed by atoms with Crippen molar-refractivity contribution >= 4 is 34.0 Å². The van der Waals surface area contributed by atoms with E-state index in [1.54, 1.807) is 18.4 Å². The minimum Gasteiger partial charge on any atom is -0.336 e. The number of halogens is 3. The van der Waals surface area contributed by atoms with Crippen molar-refractivity contribution in [2.45, 2.75) is 24.2 Å². The van der Waals surface area contributed by atoms with E-state index in [4.69, 9.17) is 0 Å². The van der Waals surface area contributed by atoms with Crippen LogP contribution >= 0.6 is 23.1 Å². The van der Waals surface area contributed by atoms with Gasteiger partial charge in [0.25, 0.3) is 11.5 Å². The number of carbonyl (C=O) groups is 1. The third kappa shape index (κ3) is 4.01. The summed E-state index contributed by atoms with van der Waals surface area (Å²) in [5, 5.41) is 3.70. The fraction of sp³-hybridized carbons (Fsp3) is 0.235. The van der Waals surface area contributed by atoms with E-state index in [2.05, 4.69) is 4.98 Å². The van der Waals surface area contributed by atoms with Crippen LogP contribution in [0.4, 0.5) is 13.2 Å². The topological polar surface area (TPSA) is 63.5 Å². The Kier molecular flexibility index (Phi) is 5.56. The van der Waals surface area contributed by atoms with E-state index < -0.39 is 23.7 Å². The molecule has 3 aromatic rings. The second kappa shape index (κ2) is 7.73. The maximum atomic E-state index is 13.5. The Labute approximate surface area is 160 Å². The van der Waals surface area contributed by atoms with E-state index in [-0.39, 0.29) is 16.2 Å². The minimum absolute atomic E-state index is 0.118. The smallest absolute Gasteiger partial charge is 0.336 e. The lowest BCUT2D eigenvalue weighted by Gasteiger charge is -2.22. The summed E-state index contributed by atoms with van der Waals surface area (Å²) in [6, 6.07) is 4.79. The van der Waals surface area contributed by atoms with Crippen molar-refractivity contribution in [3.8, 4) is 0 Å². The van der Waals surface area contributed by atoms with Crippen LogP contribution in [0.15, 0.2) is 51.7 Å². The summed E-state index contributed by atoms with van der Waals surface area (Å²) in [6.45, 7) is 1.80. The Hall–Kier alpha value is -2.33. The van der Waals surface area contributed by atoms with Crippen LogP contribution in [0, 0.1) is 0 Å². The van der Waals surface area contributed by atoms with Gasteiger partial charge in [-0.25, -0.2) is 4.98 Å². The van der Waals surface area contributed by atoms with Gasteiger partial charge in [-0.05, 0) is 11.3 Å². The number of nitrogens with zero attached hydrogens (tertiary/aromatic N) is 2. The molecule has 27 heavy (non-hydrogen) atoms. The number of alkyl halides is 3. The molecule has 1 amide bonds. The molecular formula is C17H14F3N3O2S2. The Morgan fingerprint density at radius 2 is 2.04 bits per heavy atom. The number of rotatable bonds is 5. The molecule has 0 aliphatic rings. The fourth-order valence-corrected chi connectivity index (χ4v) is 4.01. The summed E-state index contributed by atoms with van der Waals surface area (Å²) < 4.78 is 41.7. The highest BCUT2D eigenvalue weighted by atomic mass is 32.2. The molecule has 0 saturated heterocycles. The van der Waals surface area contributed by atoms with Gasteiger partial charge in [-0.3, -0.25) is 14.0 Å². The quantitative estimate of drug-likeness (QED) is 0.509. The van der Waals surface area contributed by atoms with Crippen molar-refractivity contribution in [2.24, 2.45) is 0 Å². The summed E-state index contributed by atoms with van der Waals surface area (Å²) in [4.78, 5) is 30.0. The van der Waals surface area contributed by atoms with E-state index in [9.17, 15) is 22.8 Å². The van der Waals surface area contributed by atoms with Gasteiger partial charge < -0.3 is 5.32 Å². The molecule has 0 spiro atoms. The lowest BCUT2D eigenvalue weighted by atomic mass is 10.1. The van der Waals surface area contributed by atoms with E-state index in [1.165, 1.54) is 41.8 Å². The number of nitrogens with one attached hydrogen (secondary N) is 1. The van der Waals surface area contributed by atoms with Gasteiger partial charge in [0.1, 0.15) is 10.6 Å². The number of hydrogen-bond donors (Lipinski definition) is 1. The van der Waals surface area contributed by atoms with Crippen molar-refractivity contribution in [2.75, 3.05) is 5.75 Å². The van der Waals surface area contributed by atoms with Crippen LogP contribution in [0.2, 0.25) is 0 Å². The van der Waals surface area contributed by atoms with Crippen molar-refractivity contribution in [1.29, 1.82) is 0 Å². The van der Waals surface area contributed by atoms with E-state index in [1.807, 2.05) is 5.32 Å². The fourth-order valence-electron chi connectivity index (χ4n) is 2.50. The summed E-state index contributed by atoms with van der Waals surface area (Å²) in [5.41, 5.74) is -1.20. The molecule has 3 rings (SSSR count). The zero-order valence-corrected chi connectivity index (χ0v) is 15.6. The lowest BCUT2D eigenvalue weighted by Crippen LogP contribution is -2.41. The highest BCUT2D eigenvalue weighted by Crippen LogP contribution is 2.33. The van der Waals surface area contributed by atoms with E-state index in [0.717, 1.165) is 16.2 Å². The summed E-state index contributed by atoms with van der Waals surface area (Å²) in [6.07, 6.45) is -3.28. The van der Waals surface area contributed by atoms with Gasteiger partial charge in [0.05, 0.1) is 0 Å². The predicted molar refractivity (Wildman–Crippen MR) is 98.4 cm³/mol. The molecule has 142 valence electrons. The van der Waals surface area contributed by atoms with Crippen LogP contribution in [0.1, 0.15) is 28.9 Å². The molecule has 1 aromatic carbocycles. The van der Waals surface area contributed by atoms with Crippen LogP contribution in [0.25, 0.3) is 4.96 Å². The molecule has 0 saturated carbocycles. The third-order valence-corrected chi connectivity index (χ3v) is 5.29. The zero-order chi connectivity index (χ0) is 19.6. The van der Waals surface area contributed by atoms with E-state index >= 15 is 0 Å². The molecular weight excluding hydrogens is 399 g/mol. The van der Waals surface area contributed by atoms with Gasteiger partial charge in [-0.2, -0.15) is 13.2 Å². The number of amides is 1. The molecule has 1 N–H and O–H groups in total. The largest absolute Gasteiger partial charge is 0.412 e. The number of benzene rings is 1. The van der Waals surface area contributed by atoms with Gasteiger partial charge in [0.15, 0.2) is 11.0 Å². The van der Waals surface area contributed by atoms with Gasteiger partial charge >= 0.3 is 6.18 Å². The Morgan fingerprint density at radius 3 is 2.67 bits per heavy atom. The Morgan fingerprint density at radius 1 is 1.33 bits per heavy atom. The highest BCUT2D eigenvalue weighted by Gasteiger charge is 2.42. The van der Waals surface area contributed by atoms with Crippen molar-refractivity contribution in [3.63, 3.8) is 0 Å². The maximum Gasteiger partial charge on any atom is 0.412 e. The predicted octanol–water partition coefficient (Wildman–Crippen LogP) is 3.90. The minimum atomic E-state index is -4.72. The van der Waals surface area contributed by atoms with Gasteiger partial charge in [-0.1, -0.05) is 37.3 Å². The third-order valence-electron chi connectivity index (χ3n) is 3.68. The lowest BCUT2D eigenvalue weighted by molar-refractivity contribution is -0.155. The first-order chi connectivity index (χ1) is 12.8. The first-order valence-electron chi connectivity index (χ1n) is 7.88. The van der Waals surface area contributed by atoms with Crippen LogP contribution in [0.3, 0.4) is 0 Å². The van der Waals surface area contributed by atoms with Crippen LogP contribution in [-0.4, -0.2) is 27.2 Å². The number of fused-ring (bicyclic) bond motifs is 1. The first kappa shape index (κ1) is 19.4. The molecule has 1 unspecified atom stereocenters. The number of thioether (sulfide) groups is 1. The molecule has 0 fully saturated rings. The molecule has 0 bridgehead atoms. The molecule has 2 aromatic heterocycles. The average molecular weight is 413 g/mol.